The molecule has 7 heteroatoms. The number of carbonyl (C=O) groups excluding carboxylic acids is 1. The van der Waals surface area contributed by atoms with Crippen LogP contribution in [0.15, 0.2) is 29.2 Å². The lowest BCUT2D eigenvalue weighted by atomic mass is 10.0. The molecule has 0 fully saturated rings. The highest BCUT2D eigenvalue weighted by molar-refractivity contribution is 7.90. The largest absolute Gasteiger partial charge is 0.342 e. The van der Waals surface area contributed by atoms with Crippen LogP contribution in [-0.4, -0.2) is 45.1 Å². The maximum absolute atomic E-state index is 12.2. The van der Waals surface area contributed by atoms with Gasteiger partial charge in [-0.05, 0) is 36.6 Å². The number of halogens is 1. The first-order chi connectivity index (χ1) is 9.62. The van der Waals surface area contributed by atoms with Crippen LogP contribution in [-0.2, 0) is 9.84 Å². The average molecular weight is 349 g/mol. The summed E-state index contributed by atoms with van der Waals surface area (Å²) in [4.78, 5) is 14.0. The Hall–Kier alpha value is -1.11. The van der Waals surface area contributed by atoms with Crippen LogP contribution in [0.25, 0.3) is 0 Å². The van der Waals surface area contributed by atoms with Crippen LogP contribution in [0.2, 0.25) is 0 Å². The Balaban J connectivity index is 0.00000441. The third-order valence-electron chi connectivity index (χ3n) is 3.53. The van der Waals surface area contributed by atoms with Crippen molar-refractivity contribution < 1.29 is 13.2 Å². The summed E-state index contributed by atoms with van der Waals surface area (Å²) >= 11 is 0. The summed E-state index contributed by atoms with van der Waals surface area (Å²) in [7, 11) is -1.52. The van der Waals surface area contributed by atoms with Crippen molar-refractivity contribution in [2.75, 3.05) is 19.8 Å². The van der Waals surface area contributed by atoms with Gasteiger partial charge in [0.25, 0.3) is 5.91 Å². The lowest BCUT2D eigenvalue weighted by Gasteiger charge is -2.21. The van der Waals surface area contributed by atoms with Gasteiger partial charge in [-0.15, -0.1) is 12.4 Å². The van der Waals surface area contributed by atoms with Crippen LogP contribution in [0.1, 0.15) is 30.6 Å². The average Bonchev–Trinajstić information content (AvgIpc) is 2.42. The third kappa shape index (κ3) is 5.94. The van der Waals surface area contributed by atoms with E-state index in [0.29, 0.717) is 18.0 Å². The predicted molar refractivity (Wildman–Crippen MR) is 91.2 cm³/mol. The monoisotopic (exact) mass is 348 g/mol. The number of hydrogen-bond donors (Lipinski definition) is 1. The third-order valence-corrected chi connectivity index (χ3v) is 4.66. The predicted octanol–water partition coefficient (Wildman–Crippen LogP) is 1.96. The molecule has 1 amide bonds. The van der Waals surface area contributed by atoms with Gasteiger partial charge in [-0.3, -0.25) is 4.79 Å². The molecule has 22 heavy (non-hydrogen) atoms. The molecule has 1 aromatic carbocycles. The summed E-state index contributed by atoms with van der Waals surface area (Å²) in [6, 6.07) is 6.05. The second-order valence-corrected chi connectivity index (χ2v) is 7.74. The molecule has 1 rings (SSSR count). The molecule has 0 spiro atoms. The molecule has 0 bridgehead atoms. The SMILES string of the molecule is CC(C)C(N)CCN(C)C(=O)c1ccc(S(C)(=O)=O)cc1.Cl. The van der Waals surface area contributed by atoms with Crippen LogP contribution in [0.5, 0.6) is 0 Å². The van der Waals surface area contributed by atoms with Crippen LogP contribution in [0, 0.1) is 5.92 Å². The summed E-state index contributed by atoms with van der Waals surface area (Å²) in [6.45, 7) is 4.68. The minimum absolute atomic E-state index is 0. The number of nitrogens with two attached hydrogens (primary N) is 1. The molecule has 126 valence electrons. The van der Waals surface area contributed by atoms with E-state index in [1.165, 1.54) is 24.3 Å². The summed E-state index contributed by atoms with van der Waals surface area (Å²) in [6.07, 6.45) is 1.88. The standard InChI is InChI=1S/C15H24N2O3S.ClH/c1-11(2)14(16)9-10-17(3)15(18)12-5-7-13(8-6-12)21(4,19)20;/h5-8,11,14H,9-10,16H2,1-4H3;1H. The van der Waals surface area contributed by atoms with E-state index in [4.69, 9.17) is 5.73 Å². The fraction of sp³-hybridized carbons (Fsp3) is 0.533. The van der Waals surface area contributed by atoms with Crippen molar-refractivity contribution in [1.29, 1.82) is 0 Å². The second kappa shape index (κ2) is 8.50. The highest BCUT2D eigenvalue weighted by Crippen LogP contribution is 2.12. The van der Waals surface area contributed by atoms with Crippen molar-refractivity contribution in [3.05, 3.63) is 29.8 Å². The number of nitrogens with zero attached hydrogens (tertiary/aromatic N) is 1. The molecule has 0 radical (unpaired) electrons. The first-order valence-electron chi connectivity index (χ1n) is 6.94. The van der Waals surface area contributed by atoms with Gasteiger partial charge in [-0.2, -0.15) is 0 Å². The molecule has 0 saturated carbocycles. The number of hydrogen-bond acceptors (Lipinski definition) is 4. The fourth-order valence-electron chi connectivity index (χ4n) is 1.84. The number of benzene rings is 1. The molecule has 0 aliphatic carbocycles. The molecule has 1 aromatic rings. The molecule has 2 N–H and O–H groups in total. The van der Waals surface area contributed by atoms with Gasteiger partial charge in [-0.1, -0.05) is 13.8 Å². The summed E-state index contributed by atoms with van der Waals surface area (Å²) in [5.41, 5.74) is 6.44. The van der Waals surface area contributed by atoms with Crippen LogP contribution in [0.4, 0.5) is 0 Å². The quantitative estimate of drug-likeness (QED) is 0.852. The zero-order valence-corrected chi connectivity index (χ0v) is 15.1. The summed E-state index contributed by atoms with van der Waals surface area (Å²) in [5, 5.41) is 0. The molecule has 0 aliphatic heterocycles. The lowest BCUT2D eigenvalue weighted by Crippen LogP contribution is -2.34. The number of rotatable bonds is 6. The number of sulfone groups is 1. The number of carbonyl (C=O) groups is 1. The normalized spacial score (nSPS) is 12.6. The smallest absolute Gasteiger partial charge is 0.253 e. The maximum atomic E-state index is 12.2. The second-order valence-electron chi connectivity index (χ2n) is 5.72. The van der Waals surface area contributed by atoms with E-state index in [0.717, 1.165) is 12.7 Å². The van der Waals surface area contributed by atoms with Crippen LogP contribution < -0.4 is 5.73 Å². The van der Waals surface area contributed by atoms with E-state index in [-0.39, 0.29) is 29.3 Å². The van der Waals surface area contributed by atoms with Gasteiger partial charge in [-0.25, -0.2) is 8.42 Å². The van der Waals surface area contributed by atoms with E-state index < -0.39 is 9.84 Å². The van der Waals surface area contributed by atoms with Gasteiger partial charge in [0.2, 0.25) is 0 Å². The topological polar surface area (TPSA) is 80.5 Å². The lowest BCUT2D eigenvalue weighted by molar-refractivity contribution is 0.0789. The van der Waals surface area contributed by atoms with Gasteiger partial charge in [0, 0.05) is 31.5 Å². The van der Waals surface area contributed by atoms with E-state index in [2.05, 4.69) is 13.8 Å². The Morgan fingerprint density at radius 1 is 1.23 bits per heavy atom. The van der Waals surface area contributed by atoms with Crippen molar-refractivity contribution in [2.45, 2.75) is 31.2 Å². The van der Waals surface area contributed by atoms with Gasteiger partial charge in [0.05, 0.1) is 4.90 Å². The molecular formula is C15H25ClN2O3S. The molecule has 0 saturated heterocycles. The van der Waals surface area contributed by atoms with E-state index >= 15 is 0 Å². The Morgan fingerprint density at radius 3 is 2.14 bits per heavy atom. The van der Waals surface area contributed by atoms with E-state index in [1.807, 2.05) is 0 Å². The van der Waals surface area contributed by atoms with Gasteiger partial charge in [0.1, 0.15) is 0 Å². The Labute approximate surface area is 139 Å². The van der Waals surface area contributed by atoms with Gasteiger partial charge < -0.3 is 10.6 Å². The maximum Gasteiger partial charge on any atom is 0.253 e. The molecule has 0 aliphatic rings. The van der Waals surface area contributed by atoms with Crippen LogP contribution in [0.3, 0.4) is 0 Å². The van der Waals surface area contributed by atoms with Gasteiger partial charge >= 0.3 is 0 Å². The van der Waals surface area contributed by atoms with Crippen molar-refractivity contribution in [1.82, 2.24) is 4.90 Å². The zero-order chi connectivity index (χ0) is 16.2. The molecular weight excluding hydrogens is 324 g/mol. The molecule has 0 heterocycles. The van der Waals surface area contributed by atoms with E-state index in [1.54, 1.807) is 11.9 Å². The van der Waals surface area contributed by atoms with Crippen molar-refractivity contribution >= 4 is 28.2 Å². The molecule has 5 nitrogen and oxygen atoms in total. The van der Waals surface area contributed by atoms with E-state index in [9.17, 15) is 13.2 Å². The van der Waals surface area contributed by atoms with Crippen LogP contribution >= 0.6 is 12.4 Å². The fourth-order valence-corrected chi connectivity index (χ4v) is 2.47. The van der Waals surface area contributed by atoms with Gasteiger partial charge in [0.15, 0.2) is 9.84 Å². The minimum atomic E-state index is -3.24. The Bertz CT molecular complexity index is 585. The number of amides is 1. The Morgan fingerprint density at radius 2 is 1.73 bits per heavy atom. The molecule has 1 atom stereocenters. The highest BCUT2D eigenvalue weighted by atomic mass is 35.5. The molecule has 1 unspecified atom stereocenters. The Kier molecular flexibility index (Phi) is 8.07. The zero-order valence-electron chi connectivity index (χ0n) is 13.4. The summed E-state index contributed by atoms with van der Waals surface area (Å²) in [5.74, 6) is 0.244. The summed E-state index contributed by atoms with van der Waals surface area (Å²) < 4.78 is 22.8. The molecule has 0 aromatic heterocycles. The van der Waals surface area contributed by atoms with Crippen molar-refractivity contribution in [3.63, 3.8) is 0 Å². The van der Waals surface area contributed by atoms with Crippen molar-refractivity contribution in [3.8, 4) is 0 Å². The van der Waals surface area contributed by atoms with Crippen molar-refractivity contribution in [2.24, 2.45) is 11.7 Å². The highest BCUT2D eigenvalue weighted by Gasteiger charge is 2.15. The minimum Gasteiger partial charge on any atom is -0.342 e. The first-order valence-corrected chi connectivity index (χ1v) is 8.83. The first kappa shape index (κ1) is 20.9.